The molecule has 0 radical (unpaired) electrons. The molecule has 8 rings (SSSR count). The van der Waals surface area contributed by atoms with Gasteiger partial charge in [0.2, 0.25) is 5.95 Å². The summed E-state index contributed by atoms with van der Waals surface area (Å²) in [5.74, 6) is 1.66. The van der Waals surface area contributed by atoms with Gasteiger partial charge in [0.15, 0.2) is 11.5 Å². The molecule has 1 spiro atoms. The molecule has 1 atom stereocenters. The molecule has 4 aliphatic rings. The van der Waals surface area contributed by atoms with Gasteiger partial charge in [-0.1, -0.05) is 6.08 Å². The van der Waals surface area contributed by atoms with E-state index in [1.165, 1.54) is 5.69 Å². The fraction of sp³-hybridized carbons (Fsp3) is 0.438. The number of fused-ring (bicyclic) bond motifs is 2. The standard InChI is InChI=1S/C32H36N8O3/c1-3-14-39-29(41)24-19-33-30(34-22-6-8-23(9-7-22)38-17-15-37(2)16-18-38)36-28(24)40(39)26-11-10-25-27(35-26)32(42,21-4-5-21)31(12-13-31)20-43-25/h3,6-11,19,21,42H,1,4-5,12-18,20H2,2H3,(H,33,34,36). The molecular weight excluding hydrogens is 544 g/mol. The van der Waals surface area contributed by atoms with Crippen LogP contribution < -0.4 is 20.5 Å². The highest BCUT2D eigenvalue weighted by Gasteiger charge is 2.68. The molecule has 3 fully saturated rings. The fourth-order valence-corrected chi connectivity index (χ4v) is 6.88. The van der Waals surface area contributed by atoms with Gasteiger partial charge in [-0.3, -0.25) is 4.79 Å². The van der Waals surface area contributed by atoms with E-state index in [0.29, 0.717) is 40.8 Å². The quantitative estimate of drug-likeness (QED) is 0.318. The summed E-state index contributed by atoms with van der Waals surface area (Å²) in [6.07, 6.45) is 7.05. The maximum atomic E-state index is 13.5. The van der Waals surface area contributed by atoms with E-state index in [-0.39, 0.29) is 23.4 Å². The molecule has 2 saturated carbocycles. The van der Waals surface area contributed by atoms with Gasteiger partial charge in [-0.25, -0.2) is 19.3 Å². The van der Waals surface area contributed by atoms with Gasteiger partial charge in [-0.15, -0.1) is 6.58 Å². The Labute approximate surface area is 249 Å². The first-order valence-electron chi connectivity index (χ1n) is 15.2. The third kappa shape index (κ3) is 4.16. The molecule has 1 aromatic carbocycles. The van der Waals surface area contributed by atoms with Crippen LogP contribution in [0.25, 0.3) is 16.9 Å². The number of pyridine rings is 1. The average molecular weight is 581 g/mol. The number of hydrogen-bond donors (Lipinski definition) is 2. The van der Waals surface area contributed by atoms with Gasteiger partial charge < -0.3 is 25.0 Å². The van der Waals surface area contributed by atoms with Crippen molar-refractivity contribution in [1.29, 1.82) is 0 Å². The Morgan fingerprint density at radius 1 is 1.09 bits per heavy atom. The van der Waals surface area contributed by atoms with Gasteiger partial charge in [0.05, 0.1) is 13.2 Å². The van der Waals surface area contributed by atoms with E-state index in [9.17, 15) is 9.90 Å². The van der Waals surface area contributed by atoms with Crippen LogP contribution in [0.4, 0.5) is 17.3 Å². The molecule has 0 bridgehead atoms. The molecule has 11 nitrogen and oxygen atoms in total. The number of nitrogens with zero attached hydrogens (tertiary/aromatic N) is 7. The summed E-state index contributed by atoms with van der Waals surface area (Å²) in [5.41, 5.74) is 1.51. The highest BCUT2D eigenvalue weighted by atomic mass is 16.5. The van der Waals surface area contributed by atoms with Crippen LogP contribution in [-0.2, 0) is 12.1 Å². The van der Waals surface area contributed by atoms with Gasteiger partial charge in [-0.05, 0) is 75.0 Å². The minimum absolute atomic E-state index is 0.179. The third-order valence-corrected chi connectivity index (χ3v) is 9.73. The Morgan fingerprint density at radius 3 is 2.56 bits per heavy atom. The average Bonchev–Trinajstić information content (AvgIpc) is 3.96. The molecular formula is C32H36N8O3. The molecule has 0 amide bonds. The Bertz CT molecular complexity index is 1780. The molecule has 43 heavy (non-hydrogen) atoms. The van der Waals surface area contributed by atoms with Crippen LogP contribution in [0.2, 0.25) is 0 Å². The maximum Gasteiger partial charge on any atom is 0.278 e. The van der Waals surface area contributed by atoms with Crippen LogP contribution in [-0.4, -0.2) is 74.2 Å². The smallest absolute Gasteiger partial charge is 0.278 e. The van der Waals surface area contributed by atoms with Crippen molar-refractivity contribution in [3.05, 3.63) is 71.3 Å². The van der Waals surface area contributed by atoms with Crippen molar-refractivity contribution in [3.63, 3.8) is 0 Å². The molecule has 222 valence electrons. The van der Waals surface area contributed by atoms with Crippen LogP contribution in [0.1, 0.15) is 31.4 Å². The van der Waals surface area contributed by atoms with Gasteiger partial charge >= 0.3 is 0 Å². The molecule has 2 N–H and O–H groups in total. The monoisotopic (exact) mass is 580 g/mol. The minimum Gasteiger partial charge on any atom is -0.491 e. The number of benzene rings is 1. The number of aromatic nitrogens is 5. The van der Waals surface area contributed by atoms with Crippen molar-refractivity contribution >= 4 is 28.4 Å². The second-order valence-electron chi connectivity index (χ2n) is 12.5. The number of allylic oxidation sites excluding steroid dienone is 1. The van der Waals surface area contributed by atoms with E-state index in [0.717, 1.165) is 57.5 Å². The zero-order valence-electron chi connectivity index (χ0n) is 24.4. The number of ether oxygens (including phenoxy) is 1. The van der Waals surface area contributed by atoms with E-state index in [2.05, 4.69) is 45.9 Å². The summed E-state index contributed by atoms with van der Waals surface area (Å²) in [6.45, 7) is 8.75. The summed E-state index contributed by atoms with van der Waals surface area (Å²) in [6, 6.07) is 11.9. The second-order valence-corrected chi connectivity index (χ2v) is 12.5. The number of aliphatic hydroxyl groups is 1. The lowest BCUT2D eigenvalue weighted by Crippen LogP contribution is -2.46. The first-order valence-corrected chi connectivity index (χ1v) is 15.2. The number of piperazine rings is 1. The summed E-state index contributed by atoms with van der Waals surface area (Å²) in [7, 11) is 2.15. The van der Waals surface area contributed by atoms with Crippen LogP contribution in [0.5, 0.6) is 5.75 Å². The van der Waals surface area contributed by atoms with E-state index in [4.69, 9.17) is 14.7 Å². The van der Waals surface area contributed by atoms with Crippen molar-refractivity contribution in [2.45, 2.75) is 37.8 Å². The van der Waals surface area contributed by atoms with E-state index >= 15 is 0 Å². The number of hydrogen-bond acceptors (Lipinski definition) is 9. The first kappa shape index (κ1) is 26.4. The number of rotatable bonds is 7. The maximum absolute atomic E-state index is 13.5. The lowest BCUT2D eigenvalue weighted by atomic mass is 9.75. The number of nitrogens with one attached hydrogen (secondary N) is 1. The highest BCUT2D eigenvalue weighted by Crippen LogP contribution is 2.68. The fourth-order valence-electron chi connectivity index (χ4n) is 6.88. The molecule has 5 heterocycles. The molecule has 11 heteroatoms. The largest absolute Gasteiger partial charge is 0.491 e. The lowest BCUT2D eigenvalue weighted by molar-refractivity contribution is -0.0962. The van der Waals surface area contributed by atoms with Crippen molar-refractivity contribution < 1.29 is 9.84 Å². The van der Waals surface area contributed by atoms with Crippen molar-refractivity contribution in [2.75, 3.05) is 50.1 Å². The minimum atomic E-state index is -1.03. The second kappa shape index (κ2) is 9.65. The highest BCUT2D eigenvalue weighted by molar-refractivity contribution is 5.77. The van der Waals surface area contributed by atoms with Crippen LogP contribution in [0.15, 0.2) is 60.0 Å². The Morgan fingerprint density at radius 2 is 1.86 bits per heavy atom. The molecule has 3 aromatic heterocycles. The summed E-state index contributed by atoms with van der Waals surface area (Å²) < 4.78 is 9.39. The molecule has 1 unspecified atom stereocenters. The molecule has 1 saturated heterocycles. The van der Waals surface area contributed by atoms with Gasteiger partial charge in [0.25, 0.3) is 5.56 Å². The molecule has 4 aromatic rings. The van der Waals surface area contributed by atoms with Crippen LogP contribution in [0.3, 0.4) is 0 Å². The lowest BCUT2D eigenvalue weighted by Gasteiger charge is -2.41. The zero-order valence-corrected chi connectivity index (χ0v) is 24.4. The normalized spacial score (nSPS) is 22.8. The van der Waals surface area contributed by atoms with Gasteiger partial charge in [0.1, 0.15) is 22.4 Å². The predicted octanol–water partition coefficient (Wildman–Crippen LogP) is 3.43. The van der Waals surface area contributed by atoms with E-state index < -0.39 is 5.60 Å². The first-order chi connectivity index (χ1) is 20.9. The van der Waals surface area contributed by atoms with Crippen LogP contribution >= 0.6 is 0 Å². The van der Waals surface area contributed by atoms with Crippen molar-refractivity contribution in [3.8, 4) is 11.6 Å². The summed E-state index contributed by atoms with van der Waals surface area (Å²) >= 11 is 0. The predicted molar refractivity (Wildman–Crippen MR) is 164 cm³/mol. The number of anilines is 3. The molecule has 2 aliphatic heterocycles. The summed E-state index contributed by atoms with van der Waals surface area (Å²) in [5, 5.41) is 15.8. The van der Waals surface area contributed by atoms with Crippen molar-refractivity contribution in [2.24, 2.45) is 11.3 Å². The van der Waals surface area contributed by atoms with Gasteiger partial charge in [0, 0.05) is 49.2 Å². The van der Waals surface area contributed by atoms with E-state index in [1.54, 1.807) is 21.6 Å². The number of likely N-dealkylation sites (N-methyl/N-ethyl adjacent to an activating group) is 1. The molecule has 2 aliphatic carbocycles. The Kier molecular flexibility index (Phi) is 5.93. The Balaban J connectivity index is 1.17. The zero-order chi connectivity index (χ0) is 29.3. The van der Waals surface area contributed by atoms with Crippen LogP contribution in [0, 0.1) is 11.3 Å². The summed E-state index contributed by atoms with van der Waals surface area (Å²) in [4.78, 5) is 32.5. The van der Waals surface area contributed by atoms with E-state index in [1.807, 2.05) is 24.3 Å². The van der Waals surface area contributed by atoms with Crippen molar-refractivity contribution in [1.82, 2.24) is 29.2 Å². The van der Waals surface area contributed by atoms with Gasteiger partial charge in [-0.2, -0.15) is 4.98 Å². The SMILES string of the molecule is C=CCn1c(=O)c2cnc(Nc3ccc(N4CCN(C)CC4)cc3)nc2n1-c1ccc2c(n1)C(O)(C1CC1)C1(CC1)CO2. The topological polar surface area (TPSA) is 114 Å². The third-order valence-electron chi connectivity index (χ3n) is 9.73. The Hall–Kier alpha value is -4.22.